The Morgan fingerprint density at radius 3 is 2.03 bits per heavy atom. The zero-order valence-corrected chi connectivity index (χ0v) is 17.1. The topological polar surface area (TPSA) is 37.4 Å². The van der Waals surface area contributed by atoms with E-state index < -0.39 is 24.1 Å². The normalized spacial score (nSPS) is 20.6. The van der Waals surface area contributed by atoms with Gasteiger partial charge in [-0.1, -0.05) is 5.92 Å². The third-order valence-electron chi connectivity index (χ3n) is 6.21. The summed E-state index contributed by atoms with van der Waals surface area (Å²) in [6, 6.07) is 3.80. The first-order valence-electron chi connectivity index (χ1n) is 9.92. The molecule has 1 aromatic rings. The zero-order chi connectivity index (χ0) is 21.4. The molecular formula is C23H26F3NO2. The second-order valence-corrected chi connectivity index (χ2v) is 8.51. The molecule has 0 N–H and O–H groups in total. The van der Waals surface area contributed by atoms with Crippen LogP contribution in [-0.2, 0) is 9.59 Å². The Labute approximate surface area is 169 Å². The SMILES string of the molecule is CC#Cc1cc(C)c(C2C(=O)CC3(CCN(CC(F)(F)F)CC3)CC2=O)c(C)c1. The molecule has 0 atom stereocenters. The third kappa shape index (κ3) is 4.72. The third-order valence-corrected chi connectivity index (χ3v) is 6.21. The van der Waals surface area contributed by atoms with Crippen LogP contribution >= 0.6 is 0 Å². The Morgan fingerprint density at radius 2 is 1.59 bits per heavy atom. The van der Waals surface area contributed by atoms with E-state index in [-0.39, 0.29) is 37.5 Å². The van der Waals surface area contributed by atoms with Gasteiger partial charge in [-0.3, -0.25) is 14.5 Å². The van der Waals surface area contributed by atoms with Crippen LogP contribution in [0.3, 0.4) is 0 Å². The van der Waals surface area contributed by atoms with Gasteiger partial charge in [-0.25, -0.2) is 0 Å². The minimum atomic E-state index is -4.23. The Morgan fingerprint density at radius 1 is 1.07 bits per heavy atom. The highest BCUT2D eigenvalue weighted by molar-refractivity contribution is 6.10. The Bertz CT molecular complexity index is 841. The summed E-state index contributed by atoms with van der Waals surface area (Å²) in [5.74, 6) is 4.88. The minimum Gasteiger partial charge on any atom is -0.299 e. The van der Waals surface area contributed by atoms with Crippen molar-refractivity contribution in [1.29, 1.82) is 0 Å². The molecule has 1 aliphatic carbocycles. The van der Waals surface area contributed by atoms with E-state index in [1.807, 2.05) is 26.0 Å². The Hall–Kier alpha value is -2.13. The monoisotopic (exact) mass is 405 g/mol. The molecule has 6 heteroatoms. The molecule has 1 heterocycles. The number of benzene rings is 1. The summed E-state index contributed by atoms with van der Waals surface area (Å²) in [5.41, 5.74) is 2.90. The van der Waals surface area contributed by atoms with Crippen molar-refractivity contribution in [1.82, 2.24) is 4.90 Å². The first-order valence-corrected chi connectivity index (χ1v) is 9.92. The maximum absolute atomic E-state index is 13.1. The molecule has 2 aliphatic rings. The number of piperidine rings is 1. The van der Waals surface area contributed by atoms with E-state index in [2.05, 4.69) is 11.8 Å². The van der Waals surface area contributed by atoms with Crippen molar-refractivity contribution < 1.29 is 22.8 Å². The molecule has 1 spiro atoms. The number of ketones is 2. The van der Waals surface area contributed by atoms with Gasteiger partial charge in [0.1, 0.15) is 17.5 Å². The number of hydrogen-bond donors (Lipinski definition) is 0. The molecule has 1 saturated heterocycles. The lowest BCUT2D eigenvalue weighted by molar-refractivity contribution is -0.154. The van der Waals surface area contributed by atoms with Gasteiger partial charge in [-0.15, -0.1) is 5.92 Å². The van der Waals surface area contributed by atoms with Gasteiger partial charge >= 0.3 is 6.18 Å². The van der Waals surface area contributed by atoms with Crippen molar-refractivity contribution in [2.45, 2.75) is 58.5 Å². The fraction of sp³-hybridized carbons (Fsp3) is 0.565. The summed E-state index contributed by atoms with van der Waals surface area (Å²) < 4.78 is 37.9. The Kier molecular flexibility index (Phi) is 5.91. The van der Waals surface area contributed by atoms with E-state index in [9.17, 15) is 22.8 Å². The molecule has 156 valence electrons. The molecule has 1 aliphatic heterocycles. The van der Waals surface area contributed by atoms with Crippen molar-refractivity contribution in [2.24, 2.45) is 5.41 Å². The molecule has 0 aromatic heterocycles. The molecule has 29 heavy (non-hydrogen) atoms. The highest BCUT2D eigenvalue weighted by Crippen LogP contribution is 2.46. The van der Waals surface area contributed by atoms with Gasteiger partial charge < -0.3 is 0 Å². The molecule has 0 bridgehead atoms. The fourth-order valence-electron chi connectivity index (χ4n) is 4.95. The number of rotatable bonds is 2. The predicted molar refractivity (Wildman–Crippen MR) is 105 cm³/mol. The summed E-state index contributed by atoms with van der Waals surface area (Å²) in [4.78, 5) is 27.5. The molecule has 2 fully saturated rings. The van der Waals surface area contributed by atoms with E-state index in [1.54, 1.807) is 6.92 Å². The predicted octanol–water partition coefficient (Wildman–Crippen LogP) is 4.33. The van der Waals surface area contributed by atoms with Gasteiger partial charge in [0, 0.05) is 18.4 Å². The molecule has 3 rings (SSSR count). The number of alkyl halides is 3. The van der Waals surface area contributed by atoms with Crippen molar-refractivity contribution in [3.63, 3.8) is 0 Å². The lowest BCUT2D eigenvalue weighted by Crippen LogP contribution is -2.48. The number of hydrogen-bond acceptors (Lipinski definition) is 3. The number of halogens is 3. The first-order chi connectivity index (χ1) is 13.5. The van der Waals surface area contributed by atoms with Gasteiger partial charge in [-0.2, -0.15) is 13.2 Å². The van der Waals surface area contributed by atoms with Gasteiger partial charge in [0.2, 0.25) is 0 Å². The van der Waals surface area contributed by atoms with E-state index in [1.165, 1.54) is 4.90 Å². The minimum absolute atomic E-state index is 0.106. The van der Waals surface area contributed by atoms with Crippen molar-refractivity contribution in [3.05, 3.63) is 34.4 Å². The number of carbonyl (C=O) groups is 2. The van der Waals surface area contributed by atoms with Crippen LogP contribution in [0.1, 0.15) is 60.8 Å². The first kappa shape index (κ1) is 21.6. The summed E-state index contributed by atoms with van der Waals surface area (Å²) >= 11 is 0. The maximum Gasteiger partial charge on any atom is 0.401 e. The van der Waals surface area contributed by atoms with E-state index in [0.29, 0.717) is 12.8 Å². The maximum atomic E-state index is 13.1. The molecule has 0 unspecified atom stereocenters. The van der Waals surface area contributed by atoms with Crippen LogP contribution in [0.2, 0.25) is 0 Å². The second kappa shape index (κ2) is 7.95. The summed E-state index contributed by atoms with van der Waals surface area (Å²) in [6.07, 6.45) is -2.79. The molecule has 0 radical (unpaired) electrons. The number of likely N-dealkylation sites (tertiary alicyclic amines) is 1. The van der Waals surface area contributed by atoms with Crippen LogP contribution in [0.4, 0.5) is 13.2 Å². The smallest absolute Gasteiger partial charge is 0.299 e. The fourth-order valence-corrected chi connectivity index (χ4v) is 4.95. The number of carbonyl (C=O) groups excluding carboxylic acids is 2. The summed E-state index contributed by atoms with van der Waals surface area (Å²) in [5, 5.41) is 0. The van der Waals surface area contributed by atoms with Crippen molar-refractivity contribution in [3.8, 4) is 11.8 Å². The molecule has 1 aromatic carbocycles. The molecule has 1 saturated carbocycles. The average molecular weight is 405 g/mol. The van der Waals surface area contributed by atoms with Crippen molar-refractivity contribution >= 4 is 11.6 Å². The highest BCUT2D eigenvalue weighted by atomic mass is 19.4. The number of aryl methyl sites for hydroxylation is 2. The number of nitrogens with zero attached hydrogens (tertiary/aromatic N) is 1. The van der Waals surface area contributed by atoms with Gasteiger partial charge in [-0.05, 0) is 80.9 Å². The molecule has 0 amide bonds. The van der Waals surface area contributed by atoms with Crippen LogP contribution in [0, 0.1) is 31.1 Å². The largest absolute Gasteiger partial charge is 0.401 e. The standard InChI is InChI=1S/C23H26F3NO2/c1-4-5-17-10-15(2)20(16(3)11-17)21-18(28)12-22(13-19(21)29)6-8-27(9-7-22)14-23(24,25)26/h10-11,21H,6-9,12-14H2,1-3H3. The van der Waals surface area contributed by atoms with E-state index in [0.717, 1.165) is 22.3 Å². The van der Waals surface area contributed by atoms with Crippen LogP contribution in [0.25, 0.3) is 0 Å². The second-order valence-electron chi connectivity index (χ2n) is 8.51. The van der Waals surface area contributed by atoms with Gasteiger partial charge in [0.25, 0.3) is 0 Å². The summed E-state index contributed by atoms with van der Waals surface area (Å²) in [7, 11) is 0. The molecule has 3 nitrogen and oxygen atoms in total. The van der Waals surface area contributed by atoms with Gasteiger partial charge in [0.05, 0.1) is 6.54 Å². The quantitative estimate of drug-likeness (QED) is 0.543. The lowest BCUT2D eigenvalue weighted by atomic mass is 9.62. The van der Waals surface area contributed by atoms with E-state index >= 15 is 0 Å². The van der Waals surface area contributed by atoms with Crippen LogP contribution in [0.5, 0.6) is 0 Å². The van der Waals surface area contributed by atoms with Gasteiger partial charge in [0.15, 0.2) is 0 Å². The summed E-state index contributed by atoms with van der Waals surface area (Å²) in [6.45, 7) is 5.15. The molecular weight excluding hydrogens is 379 g/mol. The lowest BCUT2D eigenvalue weighted by Gasteiger charge is -2.45. The van der Waals surface area contributed by atoms with Crippen LogP contribution < -0.4 is 0 Å². The number of Topliss-reactive ketones (excluding diaryl/α,β-unsaturated/α-hetero) is 2. The highest BCUT2D eigenvalue weighted by Gasteiger charge is 2.48. The Balaban J connectivity index is 1.77. The average Bonchev–Trinajstić information content (AvgIpc) is 2.58. The van der Waals surface area contributed by atoms with Crippen molar-refractivity contribution in [2.75, 3.05) is 19.6 Å². The van der Waals surface area contributed by atoms with E-state index in [4.69, 9.17) is 0 Å². The van der Waals surface area contributed by atoms with Crippen LogP contribution in [0.15, 0.2) is 12.1 Å². The van der Waals surface area contributed by atoms with Crippen LogP contribution in [-0.4, -0.2) is 42.3 Å². The zero-order valence-electron chi connectivity index (χ0n) is 17.1.